The molecule has 150 valence electrons. The number of nitrogens with one attached hydrogen (secondary N) is 2. The van der Waals surface area contributed by atoms with Gasteiger partial charge in [0.1, 0.15) is 11.3 Å². The molecule has 2 N–H and O–H groups in total. The van der Waals surface area contributed by atoms with E-state index in [-0.39, 0.29) is 23.9 Å². The van der Waals surface area contributed by atoms with Crippen LogP contribution in [-0.4, -0.2) is 35.3 Å². The molecule has 3 atom stereocenters. The van der Waals surface area contributed by atoms with Crippen LogP contribution >= 0.6 is 0 Å². The van der Waals surface area contributed by atoms with Gasteiger partial charge >= 0.3 is 0 Å². The van der Waals surface area contributed by atoms with Crippen LogP contribution in [0.4, 0.5) is 0 Å². The zero-order valence-electron chi connectivity index (χ0n) is 16.5. The van der Waals surface area contributed by atoms with Crippen LogP contribution in [0.3, 0.4) is 0 Å². The number of carbonyl (C=O) groups is 2. The van der Waals surface area contributed by atoms with Crippen molar-refractivity contribution in [2.24, 2.45) is 0 Å². The Labute approximate surface area is 169 Å². The van der Waals surface area contributed by atoms with E-state index in [0.29, 0.717) is 23.5 Å². The van der Waals surface area contributed by atoms with E-state index < -0.39 is 6.04 Å². The van der Waals surface area contributed by atoms with E-state index in [1.807, 2.05) is 29.2 Å². The van der Waals surface area contributed by atoms with Gasteiger partial charge in [-0.2, -0.15) is 0 Å². The maximum atomic E-state index is 13.0. The second kappa shape index (κ2) is 6.79. The predicted molar refractivity (Wildman–Crippen MR) is 111 cm³/mol. The number of hydrogen-bond acceptors (Lipinski definition) is 4. The van der Waals surface area contributed by atoms with Gasteiger partial charge in [0.25, 0.3) is 5.91 Å². The number of carbonyl (C=O) groups excluding carboxylic acids is 2. The fraction of sp³-hybridized carbons (Fsp3) is 0.391. The van der Waals surface area contributed by atoms with Crippen molar-refractivity contribution in [1.82, 2.24) is 15.5 Å². The highest BCUT2D eigenvalue weighted by Gasteiger charge is 2.46. The van der Waals surface area contributed by atoms with E-state index in [9.17, 15) is 9.59 Å². The smallest absolute Gasteiger partial charge is 0.251 e. The van der Waals surface area contributed by atoms with E-state index in [0.717, 1.165) is 42.3 Å². The van der Waals surface area contributed by atoms with E-state index >= 15 is 0 Å². The monoisotopic (exact) mass is 391 g/mol. The Morgan fingerprint density at radius 3 is 2.93 bits per heavy atom. The van der Waals surface area contributed by atoms with Gasteiger partial charge < -0.3 is 20.0 Å². The molecule has 1 fully saturated rings. The molecule has 3 aliphatic rings. The first kappa shape index (κ1) is 18.0. The van der Waals surface area contributed by atoms with Crippen LogP contribution in [-0.2, 0) is 9.59 Å². The van der Waals surface area contributed by atoms with Gasteiger partial charge in [0.2, 0.25) is 5.91 Å². The molecule has 0 saturated heterocycles. The van der Waals surface area contributed by atoms with Crippen LogP contribution in [0.25, 0.3) is 17.0 Å². The molecule has 2 aliphatic heterocycles. The Kier molecular flexibility index (Phi) is 4.23. The van der Waals surface area contributed by atoms with E-state index in [1.165, 1.54) is 0 Å². The summed E-state index contributed by atoms with van der Waals surface area (Å²) < 4.78 is 6.06. The maximum Gasteiger partial charge on any atom is 0.251 e. The molecule has 1 aromatic carbocycles. The van der Waals surface area contributed by atoms with Crippen molar-refractivity contribution in [1.29, 1.82) is 0 Å². The molecule has 0 radical (unpaired) electrons. The zero-order chi connectivity index (χ0) is 20.1. The Bertz CT molecular complexity index is 1050. The van der Waals surface area contributed by atoms with Crippen molar-refractivity contribution in [3.05, 3.63) is 53.4 Å². The minimum absolute atomic E-state index is 0.0188. The number of rotatable bonds is 2. The number of benzene rings is 1. The lowest BCUT2D eigenvalue weighted by Crippen LogP contribution is -2.53. The molecule has 1 saturated carbocycles. The lowest BCUT2D eigenvalue weighted by molar-refractivity contribution is -0.134. The fourth-order valence-electron chi connectivity index (χ4n) is 5.22. The highest BCUT2D eigenvalue weighted by molar-refractivity contribution is 6.00. The third kappa shape index (κ3) is 2.77. The zero-order valence-corrected chi connectivity index (χ0v) is 16.5. The molecule has 1 aromatic heterocycles. The van der Waals surface area contributed by atoms with Gasteiger partial charge in [0.05, 0.1) is 24.2 Å². The molecule has 5 rings (SSSR count). The van der Waals surface area contributed by atoms with Crippen LogP contribution in [0.5, 0.6) is 0 Å². The molecule has 0 unspecified atom stereocenters. The minimum Gasteiger partial charge on any atom is -0.456 e. The second-order valence-electron chi connectivity index (χ2n) is 8.12. The fourth-order valence-corrected chi connectivity index (χ4v) is 5.22. The van der Waals surface area contributed by atoms with Crippen molar-refractivity contribution in [3.8, 4) is 0 Å². The van der Waals surface area contributed by atoms with Crippen LogP contribution in [0.2, 0.25) is 0 Å². The summed E-state index contributed by atoms with van der Waals surface area (Å²) in [6.45, 7) is 5.89. The van der Waals surface area contributed by atoms with Gasteiger partial charge in [0, 0.05) is 29.6 Å². The second-order valence-corrected chi connectivity index (χ2v) is 8.12. The molecule has 1 aliphatic carbocycles. The summed E-state index contributed by atoms with van der Waals surface area (Å²) in [5.74, 6) is 0.541. The highest BCUT2D eigenvalue weighted by atomic mass is 16.3. The van der Waals surface area contributed by atoms with E-state index in [1.54, 1.807) is 13.0 Å². The largest absolute Gasteiger partial charge is 0.456 e. The topological polar surface area (TPSA) is 74.6 Å². The normalized spacial score (nSPS) is 26.4. The average Bonchev–Trinajstić information content (AvgIpc) is 3.26. The van der Waals surface area contributed by atoms with Crippen LogP contribution in [0.1, 0.15) is 50.0 Å². The molecule has 3 heterocycles. The summed E-state index contributed by atoms with van der Waals surface area (Å²) in [6.07, 6.45) is 5.82. The van der Waals surface area contributed by atoms with Gasteiger partial charge in [-0.15, -0.1) is 0 Å². The Morgan fingerprint density at radius 2 is 2.14 bits per heavy atom. The number of para-hydroxylation sites is 1. The molecular formula is C23H25N3O3. The van der Waals surface area contributed by atoms with Crippen LogP contribution < -0.4 is 10.6 Å². The lowest BCUT2D eigenvalue weighted by atomic mass is 9.87. The third-order valence-electron chi connectivity index (χ3n) is 6.45. The summed E-state index contributed by atoms with van der Waals surface area (Å²) in [5.41, 5.74) is 3.11. The molecule has 29 heavy (non-hydrogen) atoms. The first-order chi connectivity index (χ1) is 14.1. The molecule has 2 aromatic rings. The molecular weight excluding hydrogens is 366 g/mol. The number of nitrogens with zero attached hydrogens (tertiary/aromatic N) is 1. The Morgan fingerprint density at radius 1 is 1.31 bits per heavy atom. The number of hydrogen-bond donors (Lipinski definition) is 2. The molecule has 0 spiro atoms. The predicted octanol–water partition coefficient (Wildman–Crippen LogP) is 3.26. The molecule has 0 bridgehead atoms. The third-order valence-corrected chi connectivity index (χ3v) is 6.45. The van der Waals surface area contributed by atoms with Gasteiger partial charge in [-0.25, -0.2) is 0 Å². The maximum absolute atomic E-state index is 13.0. The van der Waals surface area contributed by atoms with Crippen molar-refractivity contribution < 1.29 is 14.0 Å². The minimum atomic E-state index is -0.474. The Hall–Kier alpha value is -3.02. The summed E-state index contributed by atoms with van der Waals surface area (Å²) in [4.78, 5) is 27.8. The molecule has 2 amide bonds. The van der Waals surface area contributed by atoms with Crippen LogP contribution in [0, 0.1) is 0 Å². The average molecular weight is 391 g/mol. The van der Waals surface area contributed by atoms with Gasteiger partial charge in [-0.05, 0) is 25.0 Å². The summed E-state index contributed by atoms with van der Waals surface area (Å²) in [5, 5.41) is 7.51. The SMILES string of the molecule is C=Cc1cc2cccc([C@@H]3C4=C(CNC4=O)N[C@@H]4CCCC[C@H]4N3C(C)=O)c2o1. The number of amides is 2. The van der Waals surface area contributed by atoms with Gasteiger partial charge in [0.15, 0.2) is 0 Å². The lowest BCUT2D eigenvalue weighted by Gasteiger charge is -2.42. The highest BCUT2D eigenvalue weighted by Crippen LogP contribution is 2.42. The van der Waals surface area contributed by atoms with Gasteiger partial charge in [-0.3, -0.25) is 9.59 Å². The van der Waals surface area contributed by atoms with Crippen molar-refractivity contribution >= 4 is 28.9 Å². The summed E-state index contributed by atoms with van der Waals surface area (Å²) >= 11 is 0. The van der Waals surface area contributed by atoms with Crippen LogP contribution in [0.15, 0.2) is 46.5 Å². The molecule has 6 heteroatoms. The first-order valence-electron chi connectivity index (χ1n) is 10.3. The van der Waals surface area contributed by atoms with Crippen molar-refractivity contribution in [3.63, 3.8) is 0 Å². The quantitative estimate of drug-likeness (QED) is 0.824. The Balaban J connectivity index is 1.76. The summed E-state index contributed by atoms with van der Waals surface area (Å²) in [6, 6.07) is 7.59. The van der Waals surface area contributed by atoms with Crippen molar-refractivity contribution in [2.45, 2.75) is 50.7 Å². The number of fused-ring (bicyclic) bond motifs is 2. The first-order valence-corrected chi connectivity index (χ1v) is 10.3. The van der Waals surface area contributed by atoms with Gasteiger partial charge in [-0.1, -0.05) is 37.6 Å². The molecule has 6 nitrogen and oxygen atoms in total. The van der Waals surface area contributed by atoms with Crippen molar-refractivity contribution in [2.75, 3.05) is 6.54 Å². The number of furan rings is 1. The van der Waals surface area contributed by atoms with E-state index in [2.05, 4.69) is 17.2 Å². The standard InChI is InChI=1S/C23H25N3O3/c1-3-15-11-14-7-6-8-16(22(14)29-15)21-20-18(12-24-23(20)28)25-17-9-4-5-10-19(17)26(21)13(2)27/h3,6-8,11,17,19,21,25H,1,4-5,9-10,12H2,2H3,(H,24,28)/t17-,19-,21-/m1/s1. The summed E-state index contributed by atoms with van der Waals surface area (Å²) in [7, 11) is 0. The van der Waals surface area contributed by atoms with E-state index in [4.69, 9.17) is 4.42 Å².